The number of rotatable bonds is 6. The van der Waals surface area contributed by atoms with E-state index in [1.807, 2.05) is 0 Å². The summed E-state index contributed by atoms with van der Waals surface area (Å²) >= 11 is 11.3. The number of benzene rings is 1. The van der Waals surface area contributed by atoms with Crippen LogP contribution < -0.4 is 10.2 Å². The highest BCUT2D eigenvalue weighted by molar-refractivity contribution is 6.18. The average molecular weight is 362 g/mol. The average Bonchev–Trinajstić information content (AvgIpc) is 2.87. The Bertz CT molecular complexity index is 567. The number of halogens is 3. The lowest BCUT2D eigenvalue weighted by Gasteiger charge is -2.23. The Morgan fingerprint density at radius 3 is 2.65 bits per heavy atom. The molecule has 0 saturated carbocycles. The first-order valence-electron chi connectivity index (χ1n) is 7.28. The molecule has 1 aromatic rings. The summed E-state index contributed by atoms with van der Waals surface area (Å²) in [5.41, 5.74) is 0.491. The van der Waals surface area contributed by atoms with Gasteiger partial charge in [0.05, 0.1) is 6.04 Å². The normalized spacial score (nSPS) is 17.4. The van der Waals surface area contributed by atoms with Crippen LogP contribution in [0.2, 0.25) is 0 Å². The summed E-state index contributed by atoms with van der Waals surface area (Å²) in [5.74, 6) is 0.0624. The summed E-state index contributed by atoms with van der Waals surface area (Å²) in [6.07, 6.45) is 0.178. The minimum atomic E-state index is -0.404. The molecule has 0 aromatic heterocycles. The minimum Gasteiger partial charge on any atom is -0.333 e. The van der Waals surface area contributed by atoms with E-state index in [9.17, 15) is 14.0 Å². The maximum atomic E-state index is 13.3. The molecule has 0 spiro atoms. The van der Waals surface area contributed by atoms with Crippen molar-refractivity contribution in [3.8, 4) is 0 Å². The number of anilines is 1. The van der Waals surface area contributed by atoms with Crippen LogP contribution >= 0.6 is 23.2 Å². The quantitative estimate of drug-likeness (QED) is 0.791. The lowest BCUT2D eigenvalue weighted by atomic mass is 10.2. The van der Waals surface area contributed by atoms with Crippen LogP contribution in [0.3, 0.4) is 0 Å². The highest BCUT2D eigenvalue weighted by Gasteiger charge is 2.32. The van der Waals surface area contributed by atoms with Crippen LogP contribution in [0, 0.1) is 5.82 Å². The Kier molecular flexibility index (Phi) is 6.47. The third-order valence-electron chi connectivity index (χ3n) is 3.57. The van der Waals surface area contributed by atoms with Gasteiger partial charge in [0.1, 0.15) is 5.82 Å². The van der Waals surface area contributed by atoms with Gasteiger partial charge in [0.25, 0.3) is 0 Å². The molecule has 1 N–H and O–H groups in total. The Morgan fingerprint density at radius 2 is 2.04 bits per heavy atom. The lowest BCUT2D eigenvalue weighted by Crippen LogP contribution is -2.47. The molecule has 1 aliphatic rings. The largest absolute Gasteiger partial charge is 0.333 e. The van der Waals surface area contributed by atoms with Crippen molar-refractivity contribution in [2.45, 2.75) is 12.5 Å². The first-order chi connectivity index (χ1) is 11.0. The third kappa shape index (κ3) is 4.72. The predicted molar refractivity (Wildman–Crippen MR) is 88.7 cm³/mol. The zero-order valence-electron chi connectivity index (χ0n) is 12.5. The summed E-state index contributed by atoms with van der Waals surface area (Å²) in [5, 5.41) is 2.81. The van der Waals surface area contributed by atoms with Gasteiger partial charge >= 0.3 is 6.03 Å². The molecule has 1 aliphatic heterocycles. The van der Waals surface area contributed by atoms with Crippen molar-refractivity contribution in [2.75, 3.05) is 36.3 Å². The second-order valence-electron chi connectivity index (χ2n) is 5.20. The van der Waals surface area contributed by atoms with E-state index in [0.29, 0.717) is 37.1 Å². The predicted octanol–water partition coefficient (Wildman–Crippen LogP) is 2.42. The fourth-order valence-electron chi connectivity index (χ4n) is 2.48. The van der Waals surface area contributed by atoms with E-state index >= 15 is 0 Å². The molecule has 1 unspecified atom stereocenters. The molecule has 126 valence electrons. The Hall–Kier alpha value is -1.53. The summed E-state index contributed by atoms with van der Waals surface area (Å²) in [6.45, 7) is 1.08. The van der Waals surface area contributed by atoms with Gasteiger partial charge < -0.3 is 15.1 Å². The van der Waals surface area contributed by atoms with Gasteiger partial charge in [-0.15, -0.1) is 23.2 Å². The van der Waals surface area contributed by atoms with E-state index in [1.54, 1.807) is 12.1 Å². The molecule has 1 atom stereocenters. The first-order valence-corrected chi connectivity index (χ1v) is 8.35. The first kappa shape index (κ1) is 17.8. The maximum absolute atomic E-state index is 13.3. The van der Waals surface area contributed by atoms with Gasteiger partial charge in [0.15, 0.2) is 0 Å². The highest BCUT2D eigenvalue weighted by atomic mass is 35.5. The number of hydrogen-bond acceptors (Lipinski definition) is 2. The molecule has 0 radical (unpaired) electrons. The van der Waals surface area contributed by atoms with Gasteiger partial charge in [0, 0.05) is 43.5 Å². The summed E-state index contributed by atoms with van der Waals surface area (Å²) < 4.78 is 13.3. The monoisotopic (exact) mass is 361 g/mol. The Labute approximate surface area is 144 Å². The van der Waals surface area contributed by atoms with Gasteiger partial charge in [-0.3, -0.25) is 4.79 Å². The third-order valence-corrected chi connectivity index (χ3v) is 3.91. The second kappa shape index (κ2) is 8.36. The molecule has 2 rings (SSSR count). The number of nitrogens with zero attached hydrogens (tertiary/aromatic N) is 2. The van der Waals surface area contributed by atoms with Crippen LogP contribution in [-0.2, 0) is 4.79 Å². The molecule has 1 heterocycles. The number of carbonyl (C=O) groups excluding carboxylic acids is 2. The molecule has 8 heteroatoms. The van der Waals surface area contributed by atoms with E-state index in [-0.39, 0.29) is 24.4 Å². The summed E-state index contributed by atoms with van der Waals surface area (Å²) in [6, 6.07) is 5.21. The van der Waals surface area contributed by atoms with Gasteiger partial charge in [-0.05, 0) is 18.2 Å². The summed E-state index contributed by atoms with van der Waals surface area (Å²) in [4.78, 5) is 27.3. The summed E-state index contributed by atoms with van der Waals surface area (Å²) in [7, 11) is 0. The maximum Gasteiger partial charge on any atom is 0.317 e. The number of carbonyl (C=O) groups is 2. The number of amides is 3. The lowest BCUT2D eigenvalue weighted by molar-refractivity contribution is -0.117. The molecule has 23 heavy (non-hydrogen) atoms. The van der Waals surface area contributed by atoms with Gasteiger partial charge in [-0.2, -0.15) is 0 Å². The Morgan fingerprint density at radius 1 is 1.35 bits per heavy atom. The fraction of sp³-hybridized carbons (Fsp3) is 0.467. The number of nitrogens with one attached hydrogen (secondary N) is 1. The van der Waals surface area contributed by atoms with E-state index in [2.05, 4.69) is 5.32 Å². The fourth-order valence-corrected chi connectivity index (χ4v) is 2.89. The van der Waals surface area contributed by atoms with E-state index in [4.69, 9.17) is 23.2 Å². The smallest absolute Gasteiger partial charge is 0.317 e. The van der Waals surface area contributed by atoms with Crippen molar-refractivity contribution in [3.05, 3.63) is 30.1 Å². The molecule has 1 fully saturated rings. The van der Waals surface area contributed by atoms with Crippen LogP contribution in [0.4, 0.5) is 14.9 Å². The topological polar surface area (TPSA) is 52.7 Å². The SMILES string of the molecule is O=C(NC1CC(=O)N(c2cccc(F)c2)C1)N(CCCl)CCCl. The van der Waals surface area contributed by atoms with Crippen molar-refractivity contribution in [3.63, 3.8) is 0 Å². The van der Waals surface area contributed by atoms with Crippen molar-refractivity contribution in [1.29, 1.82) is 0 Å². The molecule has 3 amide bonds. The standard InChI is InChI=1S/C15H18Cl2FN3O2/c16-4-6-20(7-5-17)15(23)19-12-9-14(22)21(10-12)13-3-1-2-11(18)8-13/h1-3,8,12H,4-7,9-10H2,(H,19,23). The van der Waals surface area contributed by atoms with Crippen LogP contribution in [0.25, 0.3) is 0 Å². The van der Waals surface area contributed by atoms with Gasteiger partial charge in [0.2, 0.25) is 5.91 Å². The van der Waals surface area contributed by atoms with E-state index in [1.165, 1.54) is 21.9 Å². The van der Waals surface area contributed by atoms with E-state index < -0.39 is 5.82 Å². The Balaban J connectivity index is 1.98. The molecular formula is C15H18Cl2FN3O2. The second-order valence-corrected chi connectivity index (χ2v) is 5.96. The van der Waals surface area contributed by atoms with Crippen LogP contribution in [0.5, 0.6) is 0 Å². The van der Waals surface area contributed by atoms with Gasteiger partial charge in [-0.25, -0.2) is 9.18 Å². The number of alkyl halides is 2. The van der Waals surface area contributed by atoms with E-state index in [0.717, 1.165) is 0 Å². The molecule has 5 nitrogen and oxygen atoms in total. The molecule has 1 aromatic carbocycles. The van der Waals surface area contributed by atoms with Crippen molar-refractivity contribution in [2.24, 2.45) is 0 Å². The highest BCUT2D eigenvalue weighted by Crippen LogP contribution is 2.22. The van der Waals surface area contributed by atoms with Crippen molar-refractivity contribution >= 4 is 40.8 Å². The van der Waals surface area contributed by atoms with Crippen LogP contribution in [0.1, 0.15) is 6.42 Å². The molecule has 1 saturated heterocycles. The number of urea groups is 1. The van der Waals surface area contributed by atoms with Crippen molar-refractivity contribution in [1.82, 2.24) is 10.2 Å². The molecular weight excluding hydrogens is 344 g/mol. The minimum absolute atomic E-state index is 0.151. The number of hydrogen-bond donors (Lipinski definition) is 1. The van der Waals surface area contributed by atoms with Gasteiger partial charge in [-0.1, -0.05) is 6.07 Å². The zero-order chi connectivity index (χ0) is 16.8. The zero-order valence-corrected chi connectivity index (χ0v) is 14.0. The van der Waals surface area contributed by atoms with Crippen LogP contribution in [-0.4, -0.2) is 54.3 Å². The molecule has 0 aliphatic carbocycles. The molecule has 0 bridgehead atoms. The van der Waals surface area contributed by atoms with Crippen LogP contribution in [0.15, 0.2) is 24.3 Å². The van der Waals surface area contributed by atoms with Crippen molar-refractivity contribution < 1.29 is 14.0 Å².